The molecule has 1 amide bonds. The molecule has 1 aliphatic rings. The minimum absolute atomic E-state index is 0.483. The van der Waals surface area contributed by atoms with Gasteiger partial charge in [0.2, 0.25) is 0 Å². The Hall–Kier alpha value is -1.55. The molecule has 0 fully saturated rings. The third kappa shape index (κ3) is 1.44. The van der Waals surface area contributed by atoms with E-state index < -0.39 is 18.2 Å². The highest BCUT2D eigenvalue weighted by atomic mass is 16.4. The van der Waals surface area contributed by atoms with Crippen LogP contribution < -0.4 is 5.32 Å². The number of carbonyl (C=O) groups is 1. The lowest BCUT2D eigenvalue weighted by atomic mass is 10.1. The lowest BCUT2D eigenvalue weighted by Crippen LogP contribution is -2.32. The number of nitrogens with one attached hydrogen (secondary N) is 1. The molecule has 4 nitrogen and oxygen atoms in total. The first kappa shape index (κ1) is 9.02. The maximum atomic E-state index is 10.5. The molecule has 0 saturated heterocycles. The van der Waals surface area contributed by atoms with Crippen LogP contribution in [0, 0.1) is 0 Å². The van der Waals surface area contributed by atoms with Crippen LogP contribution in [0.2, 0.25) is 0 Å². The lowest BCUT2D eigenvalue weighted by molar-refractivity contribution is 0.131. The molecule has 1 unspecified atom stereocenters. The van der Waals surface area contributed by atoms with E-state index in [0.29, 0.717) is 6.42 Å². The van der Waals surface area contributed by atoms with Crippen LogP contribution in [0.5, 0.6) is 0 Å². The molecule has 0 saturated carbocycles. The fourth-order valence-corrected chi connectivity index (χ4v) is 1.88. The summed E-state index contributed by atoms with van der Waals surface area (Å²) < 4.78 is 0. The first-order chi connectivity index (χ1) is 6.68. The molecular formula is C10H11NO3. The van der Waals surface area contributed by atoms with Gasteiger partial charge in [0.1, 0.15) is 0 Å². The second kappa shape index (κ2) is 3.31. The molecule has 0 bridgehead atoms. The third-order valence-corrected chi connectivity index (χ3v) is 2.48. The summed E-state index contributed by atoms with van der Waals surface area (Å²) in [6, 6.07) is 6.99. The summed E-state index contributed by atoms with van der Waals surface area (Å²) in [6.07, 6.45) is -1.24. The minimum Gasteiger partial charge on any atom is -0.465 e. The second-order valence-corrected chi connectivity index (χ2v) is 3.40. The molecule has 14 heavy (non-hydrogen) atoms. The van der Waals surface area contributed by atoms with E-state index in [1.54, 1.807) is 0 Å². The molecule has 1 aromatic carbocycles. The Morgan fingerprint density at radius 1 is 1.43 bits per heavy atom. The lowest BCUT2D eigenvalue weighted by Gasteiger charge is -2.15. The van der Waals surface area contributed by atoms with Gasteiger partial charge in [0, 0.05) is 6.42 Å². The van der Waals surface area contributed by atoms with E-state index in [4.69, 9.17) is 5.11 Å². The highest BCUT2D eigenvalue weighted by molar-refractivity contribution is 5.66. The molecule has 4 heteroatoms. The number of amides is 1. The fraction of sp³-hybridized carbons (Fsp3) is 0.300. The number of hydrogen-bond acceptors (Lipinski definition) is 2. The van der Waals surface area contributed by atoms with Gasteiger partial charge in [0.25, 0.3) is 0 Å². The van der Waals surface area contributed by atoms with Crippen LogP contribution in [0.4, 0.5) is 4.79 Å². The summed E-state index contributed by atoms with van der Waals surface area (Å²) >= 11 is 0. The van der Waals surface area contributed by atoms with Crippen molar-refractivity contribution in [1.82, 2.24) is 5.32 Å². The van der Waals surface area contributed by atoms with Gasteiger partial charge in [-0.2, -0.15) is 0 Å². The van der Waals surface area contributed by atoms with Gasteiger partial charge >= 0.3 is 6.09 Å². The third-order valence-electron chi connectivity index (χ3n) is 2.48. The Morgan fingerprint density at radius 3 is 2.86 bits per heavy atom. The Labute approximate surface area is 81.2 Å². The molecule has 74 valence electrons. The predicted octanol–water partition coefficient (Wildman–Crippen LogP) is 0.912. The number of fused-ring (bicyclic) bond motifs is 1. The number of hydrogen-bond donors (Lipinski definition) is 3. The number of rotatable bonds is 1. The van der Waals surface area contributed by atoms with Crippen LogP contribution in [-0.4, -0.2) is 22.4 Å². The first-order valence-electron chi connectivity index (χ1n) is 4.44. The fourth-order valence-electron chi connectivity index (χ4n) is 1.88. The predicted molar refractivity (Wildman–Crippen MR) is 50.1 cm³/mol. The van der Waals surface area contributed by atoms with Crippen LogP contribution in [0.25, 0.3) is 0 Å². The number of aliphatic hydroxyl groups excluding tert-OH is 1. The van der Waals surface area contributed by atoms with Crippen molar-refractivity contribution in [1.29, 1.82) is 0 Å². The van der Waals surface area contributed by atoms with Gasteiger partial charge in [-0.1, -0.05) is 24.3 Å². The summed E-state index contributed by atoms with van der Waals surface area (Å²) in [5.41, 5.74) is 1.89. The largest absolute Gasteiger partial charge is 0.465 e. The zero-order valence-corrected chi connectivity index (χ0v) is 7.47. The van der Waals surface area contributed by atoms with Gasteiger partial charge in [-0.05, 0) is 11.1 Å². The Bertz CT molecular complexity index is 364. The molecule has 0 spiro atoms. The minimum atomic E-state index is -1.11. The molecule has 3 N–H and O–H groups in total. The van der Waals surface area contributed by atoms with Crippen molar-refractivity contribution in [2.75, 3.05) is 0 Å². The van der Waals surface area contributed by atoms with Gasteiger partial charge in [-0.3, -0.25) is 0 Å². The van der Waals surface area contributed by atoms with Crippen molar-refractivity contribution in [3.63, 3.8) is 0 Å². The molecule has 0 radical (unpaired) electrons. The van der Waals surface area contributed by atoms with Crippen LogP contribution in [0.1, 0.15) is 17.2 Å². The topological polar surface area (TPSA) is 69.6 Å². The van der Waals surface area contributed by atoms with Crippen LogP contribution >= 0.6 is 0 Å². The maximum Gasteiger partial charge on any atom is 0.405 e. The Morgan fingerprint density at radius 2 is 2.14 bits per heavy atom. The van der Waals surface area contributed by atoms with Gasteiger partial charge in [0.05, 0.1) is 12.1 Å². The quantitative estimate of drug-likeness (QED) is 0.621. The van der Waals surface area contributed by atoms with E-state index in [1.807, 2.05) is 24.3 Å². The average molecular weight is 193 g/mol. The molecule has 0 heterocycles. The van der Waals surface area contributed by atoms with Crippen molar-refractivity contribution in [2.24, 2.45) is 0 Å². The standard InChI is InChI=1S/C10H11NO3/c12-8-5-6-3-1-2-4-7(6)9(8)11-10(13)14/h1-4,8-9,11-12H,5H2,(H,13,14)/t8-,9?/m0/s1. The maximum absolute atomic E-state index is 10.5. The number of benzene rings is 1. The molecule has 1 aromatic rings. The Kier molecular flexibility index (Phi) is 2.13. The number of carboxylic acid groups (broad SMARTS) is 1. The first-order valence-corrected chi connectivity index (χ1v) is 4.44. The van der Waals surface area contributed by atoms with E-state index in [-0.39, 0.29) is 0 Å². The summed E-state index contributed by atoms with van der Waals surface area (Å²) in [6.45, 7) is 0. The highest BCUT2D eigenvalue weighted by Gasteiger charge is 2.31. The van der Waals surface area contributed by atoms with Gasteiger partial charge in [0.15, 0.2) is 0 Å². The van der Waals surface area contributed by atoms with Crippen molar-refractivity contribution in [3.05, 3.63) is 35.4 Å². The average Bonchev–Trinajstić information content (AvgIpc) is 2.43. The zero-order valence-electron chi connectivity index (χ0n) is 7.47. The molecule has 0 aromatic heterocycles. The van der Waals surface area contributed by atoms with Crippen LogP contribution in [-0.2, 0) is 6.42 Å². The summed E-state index contributed by atoms with van der Waals surface area (Å²) in [7, 11) is 0. The SMILES string of the molecule is O=C(O)NC1c2ccccc2C[C@@H]1O. The molecular weight excluding hydrogens is 182 g/mol. The molecule has 1 aliphatic carbocycles. The van der Waals surface area contributed by atoms with Crippen LogP contribution in [0.15, 0.2) is 24.3 Å². The van der Waals surface area contributed by atoms with E-state index in [0.717, 1.165) is 11.1 Å². The monoisotopic (exact) mass is 193 g/mol. The van der Waals surface area contributed by atoms with Gasteiger partial charge in [-0.25, -0.2) is 4.79 Å². The smallest absolute Gasteiger partial charge is 0.405 e. The normalized spacial score (nSPS) is 24.4. The number of aliphatic hydroxyl groups is 1. The van der Waals surface area contributed by atoms with Gasteiger partial charge in [-0.15, -0.1) is 0 Å². The summed E-state index contributed by atoms with van der Waals surface area (Å²) in [5.74, 6) is 0. The van der Waals surface area contributed by atoms with E-state index >= 15 is 0 Å². The highest BCUT2D eigenvalue weighted by Crippen LogP contribution is 2.30. The molecule has 2 atom stereocenters. The van der Waals surface area contributed by atoms with Gasteiger partial charge < -0.3 is 15.5 Å². The summed E-state index contributed by atoms with van der Waals surface area (Å²) in [4.78, 5) is 10.5. The van der Waals surface area contributed by atoms with E-state index in [2.05, 4.69) is 5.32 Å². The van der Waals surface area contributed by atoms with Crippen LogP contribution in [0.3, 0.4) is 0 Å². The second-order valence-electron chi connectivity index (χ2n) is 3.40. The van der Waals surface area contributed by atoms with Crippen molar-refractivity contribution in [3.8, 4) is 0 Å². The molecule has 0 aliphatic heterocycles. The van der Waals surface area contributed by atoms with E-state index in [9.17, 15) is 9.90 Å². The molecule has 2 rings (SSSR count). The Balaban J connectivity index is 2.30. The van der Waals surface area contributed by atoms with E-state index in [1.165, 1.54) is 0 Å². The zero-order chi connectivity index (χ0) is 10.1. The summed E-state index contributed by atoms with van der Waals surface area (Å²) in [5, 5.41) is 20.5. The van der Waals surface area contributed by atoms with Crippen molar-refractivity contribution in [2.45, 2.75) is 18.6 Å². The van der Waals surface area contributed by atoms with Crippen molar-refractivity contribution >= 4 is 6.09 Å². The van der Waals surface area contributed by atoms with Crippen molar-refractivity contribution < 1.29 is 15.0 Å².